The third kappa shape index (κ3) is 4.93. The van der Waals surface area contributed by atoms with E-state index in [1.807, 2.05) is 5.38 Å². The van der Waals surface area contributed by atoms with E-state index in [0.29, 0.717) is 12.8 Å². The molecule has 0 radical (unpaired) electrons. The third-order valence-electron chi connectivity index (χ3n) is 3.11. The zero-order valence-electron chi connectivity index (χ0n) is 12.1. The van der Waals surface area contributed by atoms with Crippen LogP contribution >= 0.6 is 11.3 Å². The van der Waals surface area contributed by atoms with Crippen molar-refractivity contribution in [2.24, 2.45) is 0 Å². The summed E-state index contributed by atoms with van der Waals surface area (Å²) in [5.41, 5.74) is 1.73. The van der Waals surface area contributed by atoms with E-state index in [2.05, 4.69) is 17.2 Å². The van der Waals surface area contributed by atoms with Crippen molar-refractivity contribution in [1.82, 2.24) is 10.3 Å². The number of thiazole rings is 1. The molecule has 112 valence electrons. The molecular formula is C16H19FN2OS. The van der Waals surface area contributed by atoms with Gasteiger partial charge in [-0.1, -0.05) is 13.3 Å². The summed E-state index contributed by atoms with van der Waals surface area (Å²) in [6.07, 6.45) is 3.19. The number of nitrogens with zero attached hydrogens (tertiary/aromatic N) is 1. The SMILES string of the molecule is CCCCNC(=O)CCc1nc(-c2ccc(F)cc2)cs1. The number of hydrogen-bond acceptors (Lipinski definition) is 3. The lowest BCUT2D eigenvalue weighted by molar-refractivity contribution is -0.121. The fourth-order valence-corrected chi connectivity index (χ4v) is 2.70. The molecule has 1 aromatic heterocycles. The van der Waals surface area contributed by atoms with Gasteiger partial charge in [0.25, 0.3) is 0 Å². The first-order valence-electron chi connectivity index (χ1n) is 7.16. The monoisotopic (exact) mass is 306 g/mol. The first kappa shape index (κ1) is 15.6. The van der Waals surface area contributed by atoms with Crippen molar-refractivity contribution in [3.8, 4) is 11.3 Å². The molecule has 5 heteroatoms. The summed E-state index contributed by atoms with van der Waals surface area (Å²) in [6, 6.07) is 6.28. The Labute approximate surface area is 128 Å². The smallest absolute Gasteiger partial charge is 0.220 e. The number of carbonyl (C=O) groups excluding carboxylic acids is 1. The Balaban J connectivity index is 1.86. The molecule has 0 aliphatic rings. The maximum Gasteiger partial charge on any atom is 0.220 e. The summed E-state index contributed by atoms with van der Waals surface area (Å²) in [5, 5.41) is 5.77. The largest absolute Gasteiger partial charge is 0.356 e. The van der Waals surface area contributed by atoms with Gasteiger partial charge in [0.2, 0.25) is 5.91 Å². The fourth-order valence-electron chi connectivity index (χ4n) is 1.89. The van der Waals surface area contributed by atoms with E-state index in [1.165, 1.54) is 23.5 Å². The number of aryl methyl sites for hydroxylation is 1. The van der Waals surface area contributed by atoms with Crippen LogP contribution in [0.4, 0.5) is 4.39 Å². The number of amides is 1. The second kappa shape index (κ2) is 7.88. The van der Waals surface area contributed by atoms with Gasteiger partial charge in [-0.05, 0) is 30.7 Å². The quantitative estimate of drug-likeness (QED) is 0.791. The van der Waals surface area contributed by atoms with Crippen LogP contribution in [0.15, 0.2) is 29.6 Å². The molecule has 1 aromatic carbocycles. The molecule has 0 atom stereocenters. The summed E-state index contributed by atoms with van der Waals surface area (Å²) in [4.78, 5) is 16.1. The Hall–Kier alpha value is -1.75. The molecule has 1 amide bonds. The standard InChI is InChI=1S/C16H19FN2OS/c1-2-3-10-18-15(20)8-9-16-19-14(11-21-16)12-4-6-13(17)7-5-12/h4-7,11H,2-3,8-10H2,1H3,(H,18,20). The molecule has 0 spiro atoms. The highest BCUT2D eigenvalue weighted by molar-refractivity contribution is 7.09. The van der Waals surface area contributed by atoms with Gasteiger partial charge in [-0.25, -0.2) is 9.37 Å². The molecular weight excluding hydrogens is 287 g/mol. The van der Waals surface area contributed by atoms with Gasteiger partial charge in [-0.2, -0.15) is 0 Å². The Morgan fingerprint density at radius 1 is 1.33 bits per heavy atom. The van der Waals surface area contributed by atoms with E-state index in [-0.39, 0.29) is 11.7 Å². The lowest BCUT2D eigenvalue weighted by Gasteiger charge is -2.02. The van der Waals surface area contributed by atoms with Crippen molar-refractivity contribution in [2.75, 3.05) is 6.54 Å². The number of unbranched alkanes of at least 4 members (excludes halogenated alkanes) is 1. The summed E-state index contributed by atoms with van der Waals surface area (Å²) >= 11 is 1.53. The van der Waals surface area contributed by atoms with Gasteiger partial charge in [0.1, 0.15) is 5.82 Å². The number of hydrogen-bond donors (Lipinski definition) is 1. The lowest BCUT2D eigenvalue weighted by Crippen LogP contribution is -2.24. The van der Waals surface area contributed by atoms with Crippen LogP contribution in [0.2, 0.25) is 0 Å². The van der Waals surface area contributed by atoms with Crippen LogP contribution in [0.3, 0.4) is 0 Å². The van der Waals surface area contributed by atoms with Crippen LogP contribution in [0.25, 0.3) is 11.3 Å². The molecule has 3 nitrogen and oxygen atoms in total. The van der Waals surface area contributed by atoms with Crippen LogP contribution in [0.5, 0.6) is 0 Å². The van der Waals surface area contributed by atoms with E-state index < -0.39 is 0 Å². The van der Waals surface area contributed by atoms with E-state index in [0.717, 1.165) is 35.7 Å². The third-order valence-corrected chi connectivity index (χ3v) is 4.02. The first-order valence-corrected chi connectivity index (χ1v) is 8.04. The molecule has 0 saturated heterocycles. The molecule has 0 bridgehead atoms. The van der Waals surface area contributed by atoms with Crippen LogP contribution in [-0.2, 0) is 11.2 Å². The Bertz CT molecular complexity index is 580. The van der Waals surface area contributed by atoms with E-state index in [4.69, 9.17) is 0 Å². The molecule has 2 rings (SSSR count). The van der Waals surface area contributed by atoms with E-state index >= 15 is 0 Å². The number of rotatable bonds is 7. The fraction of sp³-hybridized carbons (Fsp3) is 0.375. The lowest BCUT2D eigenvalue weighted by atomic mass is 10.2. The minimum atomic E-state index is -0.252. The molecule has 0 unspecified atom stereocenters. The highest BCUT2D eigenvalue weighted by Crippen LogP contribution is 2.22. The van der Waals surface area contributed by atoms with Gasteiger partial charge >= 0.3 is 0 Å². The Morgan fingerprint density at radius 3 is 2.81 bits per heavy atom. The molecule has 0 aliphatic carbocycles. The number of benzene rings is 1. The van der Waals surface area contributed by atoms with Gasteiger partial charge < -0.3 is 5.32 Å². The Kier molecular flexibility index (Phi) is 5.87. The predicted molar refractivity (Wildman–Crippen MR) is 83.7 cm³/mol. The number of halogens is 1. The van der Waals surface area contributed by atoms with Gasteiger partial charge in [-0.3, -0.25) is 4.79 Å². The topological polar surface area (TPSA) is 42.0 Å². The molecule has 1 N–H and O–H groups in total. The van der Waals surface area contributed by atoms with Crippen molar-refractivity contribution in [3.05, 3.63) is 40.5 Å². The highest BCUT2D eigenvalue weighted by atomic mass is 32.1. The summed E-state index contributed by atoms with van der Waals surface area (Å²) in [6.45, 7) is 2.84. The minimum absolute atomic E-state index is 0.0713. The second-order valence-electron chi connectivity index (χ2n) is 4.84. The molecule has 0 fully saturated rings. The number of carbonyl (C=O) groups is 1. The second-order valence-corrected chi connectivity index (χ2v) is 5.78. The number of aromatic nitrogens is 1. The van der Waals surface area contributed by atoms with Gasteiger partial charge in [-0.15, -0.1) is 11.3 Å². The zero-order valence-corrected chi connectivity index (χ0v) is 12.9. The van der Waals surface area contributed by atoms with Gasteiger partial charge in [0, 0.05) is 30.3 Å². The summed E-state index contributed by atoms with van der Waals surface area (Å²) in [7, 11) is 0. The zero-order chi connectivity index (χ0) is 15.1. The average molecular weight is 306 g/mol. The van der Waals surface area contributed by atoms with Crippen molar-refractivity contribution < 1.29 is 9.18 Å². The predicted octanol–water partition coefficient (Wildman–Crippen LogP) is 3.80. The molecule has 21 heavy (non-hydrogen) atoms. The van der Waals surface area contributed by atoms with E-state index in [9.17, 15) is 9.18 Å². The highest BCUT2D eigenvalue weighted by Gasteiger charge is 2.07. The minimum Gasteiger partial charge on any atom is -0.356 e. The first-order chi connectivity index (χ1) is 10.2. The van der Waals surface area contributed by atoms with Crippen molar-refractivity contribution in [1.29, 1.82) is 0 Å². The van der Waals surface area contributed by atoms with Crippen LogP contribution in [-0.4, -0.2) is 17.4 Å². The van der Waals surface area contributed by atoms with Crippen LogP contribution in [0, 0.1) is 5.82 Å². The van der Waals surface area contributed by atoms with Gasteiger partial charge in [0.05, 0.1) is 10.7 Å². The van der Waals surface area contributed by atoms with Crippen molar-refractivity contribution in [3.63, 3.8) is 0 Å². The average Bonchev–Trinajstić information content (AvgIpc) is 2.95. The molecule has 1 heterocycles. The number of nitrogens with one attached hydrogen (secondary N) is 1. The van der Waals surface area contributed by atoms with Gasteiger partial charge in [0.15, 0.2) is 0 Å². The molecule has 2 aromatic rings. The maximum absolute atomic E-state index is 12.9. The van der Waals surface area contributed by atoms with Crippen LogP contribution < -0.4 is 5.32 Å². The summed E-state index contributed by atoms with van der Waals surface area (Å²) < 4.78 is 12.9. The molecule has 0 aliphatic heterocycles. The maximum atomic E-state index is 12.9. The van der Waals surface area contributed by atoms with Crippen molar-refractivity contribution >= 4 is 17.2 Å². The summed E-state index contributed by atoms with van der Waals surface area (Å²) in [5.74, 6) is -0.181. The molecule has 0 saturated carbocycles. The van der Waals surface area contributed by atoms with Crippen molar-refractivity contribution in [2.45, 2.75) is 32.6 Å². The normalized spacial score (nSPS) is 10.6. The van der Waals surface area contributed by atoms with E-state index in [1.54, 1.807) is 12.1 Å². The van der Waals surface area contributed by atoms with Crippen LogP contribution in [0.1, 0.15) is 31.2 Å². The Morgan fingerprint density at radius 2 is 2.10 bits per heavy atom.